The van der Waals surface area contributed by atoms with Crippen molar-refractivity contribution in [1.29, 1.82) is 0 Å². The Labute approximate surface area is 132 Å². The Balaban J connectivity index is 1.95. The Morgan fingerprint density at radius 2 is 1.86 bits per heavy atom. The van der Waals surface area contributed by atoms with Gasteiger partial charge >= 0.3 is 0 Å². The van der Waals surface area contributed by atoms with Crippen LogP contribution in [0.15, 0.2) is 41.6 Å². The number of sulfone groups is 1. The fraction of sp³-hybridized carbons (Fsp3) is 0.438. The largest absolute Gasteiger partial charge is 0.308 e. The van der Waals surface area contributed by atoms with Crippen molar-refractivity contribution in [3.8, 4) is 0 Å². The van der Waals surface area contributed by atoms with Crippen molar-refractivity contribution in [3.05, 3.63) is 47.8 Å². The van der Waals surface area contributed by atoms with Gasteiger partial charge in [0.2, 0.25) is 0 Å². The molecular weight excluding hydrogens is 298 g/mol. The summed E-state index contributed by atoms with van der Waals surface area (Å²) in [7, 11) is -3.13. The maximum Gasteiger partial charge on any atom is 0.175 e. The Morgan fingerprint density at radius 3 is 2.36 bits per heavy atom. The second-order valence-corrected chi connectivity index (χ2v) is 7.84. The number of aryl methyl sites for hydroxylation is 1. The molecular formula is C16H23N3O2S. The first-order chi connectivity index (χ1) is 10.3. The molecule has 120 valence electrons. The number of rotatable bonds is 6. The minimum atomic E-state index is -3.13. The average Bonchev–Trinajstić information content (AvgIpc) is 2.90. The molecule has 1 heterocycles. The number of benzene rings is 1. The second-order valence-electron chi connectivity index (χ2n) is 5.82. The predicted molar refractivity (Wildman–Crippen MR) is 87.5 cm³/mol. The third-order valence-corrected chi connectivity index (χ3v) is 4.98. The molecule has 1 N–H and O–H groups in total. The molecule has 1 aromatic carbocycles. The number of hydrogen-bond acceptors (Lipinski definition) is 4. The zero-order valence-corrected chi connectivity index (χ0v) is 14.3. The molecule has 0 fully saturated rings. The molecule has 2 atom stereocenters. The standard InChI is InChI=1S/C16H23N3O2S/c1-12-9-18-19(11-12)14(3)13(2)17-10-15-5-7-16(8-6-15)22(4,20)21/h5-9,11,13-14,17H,10H2,1-4H3/t13-,14-/m0/s1. The van der Waals surface area contributed by atoms with Gasteiger partial charge in [-0.3, -0.25) is 4.68 Å². The molecule has 22 heavy (non-hydrogen) atoms. The van der Waals surface area contributed by atoms with Gasteiger partial charge in [0, 0.05) is 25.0 Å². The Bertz CT molecular complexity index is 720. The van der Waals surface area contributed by atoms with E-state index in [0.717, 1.165) is 11.1 Å². The minimum absolute atomic E-state index is 0.240. The maximum atomic E-state index is 11.4. The Hall–Kier alpha value is -1.66. The van der Waals surface area contributed by atoms with Crippen LogP contribution in [0.3, 0.4) is 0 Å². The van der Waals surface area contributed by atoms with Crippen LogP contribution in [0.25, 0.3) is 0 Å². The van der Waals surface area contributed by atoms with Gasteiger partial charge in [0.05, 0.1) is 17.1 Å². The van der Waals surface area contributed by atoms with E-state index in [-0.39, 0.29) is 12.1 Å². The highest BCUT2D eigenvalue weighted by Gasteiger charge is 2.14. The van der Waals surface area contributed by atoms with E-state index in [4.69, 9.17) is 0 Å². The summed E-state index contributed by atoms with van der Waals surface area (Å²) in [5.74, 6) is 0. The van der Waals surface area contributed by atoms with Gasteiger partial charge in [0.1, 0.15) is 0 Å². The molecule has 0 spiro atoms. The summed E-state index contributed by atoms with van der Waals surface area (Å²) in [6.45, 7) is 6.96. The first-order valence-corrected chi connectivity index (χ1v) is 9.19. The molecule has 5 nitrogen and oxygen atoms in total. The zero-order chi connectivity index (χ0) is 16.3. The highest BCUT2D eigenvalue weighted by atomic mass is 32.2. The van der Waals surface area contributed by atoms with Crippen LogP contribution in [-0.4, -0.2) is 30.5 Å². The smallest absolute Gasteiger partial charge is 0.175 e. The molecule has 0 saturated heterocycles. The molecule has 0 radical (unpaired) electrons. The van der Waals surface area contributed by atoms with Gasteiger partial charge in [-0.2, -0.15) is 5.10 Å². The van der Waals surface area contributed by atoms with E-state index < -0.39 is 9.84 Å². The monoisotopic (exact) mass is 321 g/mol. The van der Waals surface area contributed by atoms with Crippen LogP contribution in [0.4, 0.5) is 0 Å². The van der Waals surface area contributed by atoms with Gasteiger partial charge in [-0.1, -0.05) is 12.1 Å². The number of hydrogen-bond donors (Lipinski definition) is 1. The second kappa shape index (κ2) is 6.62. The lowest BCUT2D eigenvalue weighted by atomic mass is 10.1. The fourth-order valence-electron chi connectivity index (χ4n) is 2.19. The van der Waals surface area contributed by atoms with Gasteiger partial charge < -0.3 is 5.32 Å². The minimum Gasteiger partial charge on any atom is -0.308 e. The van der Waals surface area contributed by atoms with Gasteiger partial charge in [0.25, 0.3) is 0 Å². The first kappa shape index (κ1) is 16.7. The fourth-order valence-corrected chi connectivity index (χ4v) is 2.82. The van der Waals surface area contributed by atoms with Crippen LogP contribution >= 0.6 is 0 Å². The van der Waals surface area contributed by atoms with Gasteiger partial charge in [0.15, 0.2) is 9.84 Å². The lowest BCUT2D eigenvalue weighted by molar-refractivity contribution is 0.365. The molecule has 0 aliphatic heterocycles. The predicted octanol–water partition coefficient (Wildman–Crippen LogP) is 2.33. The van der Waals surface area contributed by atoms with E-state index in [0.29, 0.717) is 11.4 Å². The normalized spacial score (nSPS) is 14.7. The molecule has 0 saturated carbocycles. The van der Waals surface area contributed by atoms with Crippen LogP contribution in [0.5, 0.6) is 0 Å². The number of nitrogens with zero attached hydrogens (tertiary/aromatic N) is 2. The molecule has 0 aliphatic rings. The maximum absolute atomic E-state index is 11.4. The summed E-state index contributed by atoms with van der Waals surface area (Å²) in [6, 6.07) is 7.48. The van der Waals surface area contributed by atoms with E-state index in [2.05, 4.69) is 24.3 Å². The van der Waals surface area contributed by atoms with Crippen LogP contribution in [0, 0.1) is 6.92 Å². The van der Waals surface area contributed by atoms with E-state index in [9.17, 15) is 8.42 Å². The first-order valence-electron chi connectivity index (χ1n) is 7.30. The van der Waals surface area contributed by atoms with E-state index in [1.54, 1.807) is 12.1 Å². The highest BCUT2D eigenvalue weighted by Crippen LogP contribution is 2.13. The third kappa shape index (κ3) is 4.18. The molecule has 6 heteroatoms. The van der Waals surface area contributed by atoms with Crippen LogP contribution in [-0.2, 0) is 16.4 Å². The highest BCUT2D eigenvalue weighted by molar-refractivity contribution is 7.90. The van der Waals surface area contributed by atoms with Gasteiger partial charge in [-0.05, 0) is 44.0 Å². The van der Waals surface area contributed by atoms with Gasteiger partial charge in [-0.15, -0.1) is 0 Å². The van der Waals surface area contributed by atoms with Crippen molar-refractivity contribution in [2.45, 2.75) is 44.3 Å². The van der Waals surface area contributed by atoms with Crippen molar-refractivity contribution in [2.75, 3.05) is 6.26 Å². The SMILES string of the molecule is Cc1cnn([C@@H](C)[C@H](C)NCc2ccc(S(C)(=O)=O)cc2)c1. The summed E-state index contributed by atoms with van der Waals surface area (Å²) >= 11 is 0. The van der Waals surface area contributed by atoms with Crippen molar-refractivity contribution in [2.24, 2.45) is 0 Å². The van der Waals surface area contributed by atoms with Crippen LogP contribution < -0.4 is 5.32 Å². The summed E-state index contributed by atoms with van der Waals surface area (Å²) in [5.41, 5.74) is 2.21. The third-order valence-electron chi connectivity index (χ3n) is 3.85. The summed E-state index contributed by atoms with van der Waals surface area (Å²) < 4.78 is 24.8. The lowest BCUT2D eigenvalue weighted by Gasteiger charge is -2.22. The number of aromatic nitrogens is 2. The van der Waals surface area contributed by atoms with Gasteiger partial charge in [-0.25, -0.2) is 8.42 Å². The molecule has 1 aromatic heterocycles. The van der Waals surface area contributed by atoms with E-state index >= 15 is 0 Å². The molecule has 0 aliphatic carbocycles. The van der Waals surface area contributed by atoms with Crippen LogP contribution in [0.1, 0.15) is 31.0 Å². The topological polar surface area (TPSA) is 64.0 Å². The van der Waals surface area contributed by atoms with E-state index in [1.165, 1.54) is 6.26 Å². The zero-order valence-electron chi connectivity index (χ0n) is 13.4. The summed E-state index contributed by atoms with van der Waals surface area (Å²) in [4.78, 5) is 0.352. The van der Waals surface area contributed by atoms with Crippen molar-refractivity contribution in [1.82, 2.24) is 15.1 Å². The molecule has 2 aromatic rings. The summed E-state index contributed by atoms with van der Waals surface area (Å²) in [6.07, 6.45) is 5.10. The average molecular weight is 321 g/mol. The lowest BCUT2D eigenvalue weighted by Crippen LogP contribution is -2.33. The Kier molecular flexibility index (Phi) is 5.03. The molecule has 0 unspecified atom stereocenters. The Morgan fingerprint density at radius 1 is 1.23 bits per heavy atom. The molecule has 0 amide bonds. The van der Waals surface area contributed by atoms with Crippen molar-refractivity contribution in [3.63, 3.8) is 0 Å². The van der Waals surface area contributed by atoms with Crippen molar-refractivity contribution >= 4 is 9.84 Å². The molecule has 2 rings (SSSR count). The van der Waals surface area contributed by atoms with Crippen molar-refractivity contribution < 1.29 is 8.42 Å². The quantitative estimate of drug-likeness (QED) is 0.887. The summed E-state index contributed by atoms with van der Waals surface area (Å²) in [5, 5.41) is 7.79. The number of nitrogens with one attached hydrogen (secondary N) is 1. The molecule has 0 bridgehead atoms. The van der Waals surface area contributed by atoms with Crippen LogP contribution in [0.2, 0.25) is 0 Å². The van der Waals surface area contributed by atoms with E-state index in [1.807, 2.05) is 36.1 Å².